The van der Waals surface area contributed by atoms with E-state index in [1.807, 2.05) is 29.6 Å². The van der Waals surface area contributed by atoms with Crippen LogP contribution in [0.15, 0.2) is 35.2 Å². The Labute approximate surface area is 95.8 Å². The number of thiazole rings is 1. The van der Waals surface area contributed by atoms with E-state index >= 15 is 0 Å². The molecular formula is C11H8N4S. The van der Waals surface area contributed by atoms with Crippen LogP contribution in [0.4, 0.5) is 5.82 Å². The van der Waals surface area contributed by atoms with Crippen molar-refractivity contribution in [2.24, 2.45) is 0 Å². The number of rotatable bonds is 1. The molecule has 0 saturated heterocycles. The van der Waals surface area contributed by atoms with Crippen molar-refractivity contribution >= 4 is 28.1 Å². The Morgan fingerprint density at radius 1 is 1.12 bits per heavy atom. The lowest BCUT2D eigenvalue weighted by molar-refractivity contribution is 1.20. The summed E-state index contributed by atoms with van der Waals surface area (Å²) in [6, 6.07) is 7.68. The Balaban J connectivity index is 2.29. The summed E-state index contributed by atoms with van der Waals surface area (Å²) in [5.41, 5.74) is 9.25. The molecular weight excluding hydrogens is 220 g/mol. The summed E-state index contributed by atoms with van der Waals surface area (Å²) in [6.45, 7) is 0. The number of aromatic nitrogens is 3. The SMILES string of the molecule is Nc1nc(-c2cscn2)nc2ccccc12. The van der Waals surface area contributed by atoms with E-state index in [4.69, 9.17) is 5.73 Å². The summed E-state index contributed by atoms with van der Waals surface area (Å²) in [7, 11) is 0. The number of nitrogens with zero attached hydrogens (tertiary/aromatic N) is 3. The monoisotopic (exact) mass is 228 g/mol. The van der Waals surface area contributed by atoms with Crippen molar-refractivity contribution in [1.82, 2.24) is 15.0 Å². The summed E-state index contributed by atoms with van der Waals surface area (Å²) in [4.78, 5) is 12.9. The first-order chi connectivity index (χ1) is 7.84. The van der Waals surface area contributed by atoms with Crippen molar-refractivity contribution in [3.05, 3.63) is 35.2 Å². The van der Waals surface area contributed by atoms with Crippen LogP contribution in [0.5, 0.6) is 0 Å². The largest absolute Gasteiger partial charge is 0.383 e. The Bertz CT molecular complexity index is 634. The Morgan fingerprint density at radius 2 is 2.00 bits per heavy atom. The van der Waals surface area contributed by atoms with E-state index in [0.717, 1.165) is 16.6 Å². The van der Waals surface area contributed by atoms with Crippen LogP contribution < -0.4 is 5.73 Å². The van der Waals surface area contributed by atoms with Crippen LogP contribution in [0.25, 0.3) is 22.4 Å². The van der Waals surface area contributed by atoms with E-state index < -0.39 is 0 Å². The maximum Gasteiger partial charge on any atom is 0.181 e. The van der Waals surface area contributed by atoms with E-state index in [2.05, 4.69) is 15.0 Å². The standard InChI is InChI=1S/C11H8N4S/c12-10-7-3-1-2-4-8(7)14-11(15-10)9-5-16-6-13-9/h1-6H,(H2,12,14,15). The highest BCUT2D eigenvalue weighted by molar-refractivity contribution is 7.07. The van der Waals surface area contributed by atoms with Gasteiger partial charge in [0.25, 0.3) is 0 Å². The first-order valence-electron chi connectivity index (χ1n) is 4.75. The van der Waals surface area contributed by atoms with Crippen molar-refractivity contribution in [2.45, 2.75) is 0 Å². The lowest BCUT2D eigenvalue weighted by Crippen LogP contribution is -1.97. The van der Waals surface area contributed by atoms with Gasteiger partial charge >= 0.3 is 0 Å². The first kappa shape index (κ1) is 9.23. The molecule has 0 aliphatic heterocycles. The highest BCUT2D eigenvalue weighted by Gasteiger charge is 2.07. The van der Waals surface area contributed by atoms with Gasteiger partial charge in [0.1, 0.15) is 11.5 Å². The third-order valence-corrected chi connectivity index (χ3v) is 2.88. The molecule has 0 saturated carbocycles. The molecule has 0 unspecified atom stereocenters. The van der Waals surface area contributed by atoms with Gasteiger partial charge in [-0.3, -0.25) is 0 Å². The molecule has 0 aliphatic carbocycles. The van der Waals surface area contributed by atoms with Gasteiger partial charge in [-0.1, -0.05) is 12.1 Å². The van der Waals surface area contributed by atoms with Crippen molar-refractivity contribution in [3.8, 4) is 11.5 Å². The average molecular weight is 228 g/mol. The molecule has 0 bridgehead atoms. The van der Waals surface area contributed by atoms with Gasteiger partial charge in [0.05, 0.1) is 11.0 Å². The molecule has 1 aromatic carbocycles. The van der Waals surface area contributed by atoms with Gasteiger partial charge in [-0.15, -0.1) is 11.3 Å². The minimum atomic E-state index is 0.494. The van der Waals surface area contributed by atoms with Gasteiger partial charge in [0, 0.05) is 10.8 Å². The fourth-order valence-electron chi connectivity index (χ4n) is 1.54. The molecule has 4 nitrogen and oxygen atoms in total. The maximum absolute atomic E-state index is 5.89. The highest BCUT2D eigenvalue weighted by atomic mass is 32.1. The molecule has 5 heteroatoms. The second-order valence-electron chi connectivity index (χ2n) is 3.32. The van der Waals surface area contributed by atoms with Crippen molar-refractivity contribution in [2.75, 3.05) is 5.73 Å². The van der Waals surface area contributed by atoms with Crippen LogP contribution in [0.2, 0.25) is 0 Å². The summed E-state index contributed by atoms with van der Waals surface area (Å²) >= 11 is 1.51. The molecule has 0 fully saturated rings. The highest BCUT2D eigenvalue weighted by Crippen LogP contribution is 2.22. The van der Waals surface area contributed by atoms with E-state index in [1.54, 1.807) is 5.51 Å². The molecule has 2 aromatic heterocycles. The zero-order valence-electron chi connectivity index (χ0n) is 8.29. The number of nitrogens with two attached hydrogens (primary N) is 1. The zero-order chi connectivity index (χ0) is 11.0. The third-order valence-electron chi connectivity index (χ3n) is 2.29. The number of nitrogen functional groups attached to an aromatic ring is 1. The molecule has 2 N–H and O–H groups in total. The van der Waals surface area contributed by atoms with Crippen LogP contribution in [0, 0.1) is 0 Å². The average Bonchev–Trinajstić information content (AvgIpc) is 2.82. The van der Waals surface area contributed by atoms with Crippen LogP contribution in [-0.2, 0) is 0 Å². The summed E-state index contributed by atoms with van der Waals surface area (Å²) in [5.74, 6) is 1.08. The molecule has 0 radical (unpaired) electrons. The van der Waals surface area contributed by atoms with E-state index in [0.29, 0.717) is 11.6 Å². The molecule has 0 aliphatic rings. The number of fused-ring (bicyclic) bond motifs is 1. The quantitative estimate of drug-likeness (QED) is 0.694. The van der Waals surface area contributed by atoms with Gasteiger partial charge < -0.3 is 5.73 Å². The Hall–Kier alpha value is -2.01. The number of hydrogen-bond acceptors (Lipinski definition) is 5. The molecule has 16 heavy (non-hydrogen) atoms. The predicted octanol–water partition coefficient (Wildman–Crippen LogP) is 2.34. The molecule has 2 heterocycles. The number of anilines is 1. The maximum atomic E-state index is 5.89. The lowest BCUT2D eigenvalue weighted by Gasteiger charge is -2.02. The smallest absolute Gasteiger partial charge is 0.181 e. The van der Waals surface area contributed by atoms with Crippen LogP contribution in [0.1, 0.15) is 0 Å². The third kappa shape index (κ3) is 1.42. The summed E-state index contributed by atoms with van der Waals surface area (Å²) in [6.07, 6.45) is 0. The van der Waals surface area contributed by atoms with E-state index in [1.165, 1.54) is 11.3 Å². The van der Waals surface area contributed by atoms with Gasteiger partial charge in [-0.25, -0.2) is 15.0 Å². The Kier molecular flexibility index (Phi) is 2.04. The second kappa shape index (κ2) is 3.53. The molecule has 0 atom stereocenters. The lowest BCUT2D eigenvalue weighted by atomic mass is 10.2. The summed E-state index contributed by atoms with van der Waals surface area (Å²) in [5, 5.41) is 2.78. The zero-order valence-corrected chi connectivity index (χ0v) is 9.11. The molecule has 78 valence electrons. The molecule has 3 rings (SSSR count). The number of para-hydroxylation sites is 1. The molecule has 3 aromatic rings. The normalized spacial score (nSPS) is 10.8. The minimum absolute atomic E-state index is 0.494. The topological polar surface area (TPSA) is 64.7 Å². The van der Waals surface area contributed by atoms with Crippen molar-refractivity contribution < 1.29 is 0 Å². The van der Waals surface area contributed by atoms with E-state index in [9.17, 15) is 0 Å². The number of benzene rings is 1. The van der Waals surface area contributed by atoms with Crippen molar-refractivity contribution in [1.29, 1.82) is 0 Å². The fourth-order valence-corrected chi connectivity index (χ4v) is 2.07. The van der Waals surface area contributed by atoms with E-state index in [-0.39, 0.29) is 0 Å². The van der Waals surface area contributed by atoms with Gasteiger partial charge in [0.15, 0.2) is 5.82 Å². The second-order valence-corrected chi connectivity index (χ2v) is 4.04. The van der Waals surface area contributed by atoms with Crippen molar-refractivity contribution in [3.63, 3.8) is 0 Å². The van der Waals surface area contributed by atoms with Crippen LogP contribution in [0.3, 0.4) is 0 Å². The predicted molar refractivity (Wildman–Crippen MR) is 65.1 cm³/mol. The van der Waals surface area contributed by atoms with Gasteiger partial charge in [-0.05, 0) is 12.1 Å². The molecule has 0 amide bonds. The van der Waals surface area contributed by atoms with Gasteiger partial charge in [-0.2, -0.15) is 0 Å². The number of hydrogen-bond donors (Lipinski definition) is 1. The van der Waals surface area contributed by atoms with Crippen LogP contribution in [-0.4, -0.2) is 15.0 Å². The molecule has 0 spiro atoms. The summed E-state index contributed by atoms with van der Waals surface area (Å²) < 4.78 is 0. The first-order valence-corrected chi connectivity index (χ1v) is 5.70. The van der Waals surface area contributed by atoms with Gasteiger partial charge in [0.2, 0.25) is 0 Å². The minimum Gasteiger partial charge on any atom is -0.383 e. The fraction of sp³-hybridized carbons (Fsp3) is 0. The van der Waals surface area contributed by atoms with Crippen LogP contribution >= 0.6 is 11.3 Å². The Morgan fingerprint density at radius 3 is 2.81 bits per heavy atom.